The Morgan fingerprint density at radius 3 is 2.28 bits per heavy atom. The van der Waals surface area contributed by atoms with Gasteiger partial charge in [-0.25, -0.2) is 18.4 Å². The third-order valence-corrected chi connectivity index (χ3v) is 7.29. The van der Waals surface area contributed by atoms with Gasteiger partial charge in [-0.05, 0) is 42.3 Å². The smallest absolute Gasteiger partial charge is 0.259 e. The van der Waals surface area contributed by atoms with E-state index in [1.54, 1.807) is 31.2 Å². The largest absolute Gasteiger partial charge is 0.493 e. The summed E-state index contributed by atoms with van der Waals surface area (Å²) in [6.45, 7) is 3.57. The molecule has 9 nitrogen and oxygen atoms in total. The van der Waals surface area contributed by atoms with Crippen LogP contribution in [0.3, 0.4) is 0 Å². The highest BCUT2D eigenvalue weighted by Crippen LogP contribution is 2.41. The average molecular weight is 513 g/mol. The number of hydrogen-bond acceptors (Lipinski definition) is 7. The number of carbonyl (C=O) groups is 1. The second-order valence-electron chi connectivity index (χ2n) is 7.82. The van der Waals surface area contributed by atoms with Crippen LogP contribution in [0.25, 0.3) is 5.95 Å². The molecule has 2 aromatic carbocycles. The van der Waals surface area contributed by atoms with E-state index in [4.69, 9.17) is 4.52 Å². The summed E-state index contributed by atoms with van der Waals surface area (Å²) in [6.07, 6.45) is 3.06. The first kappa shape index (κ1) is 25.2. The molecule has 0 aliphatic rings. The van der Waals surface area contributed by atoms with Crippen molar-refractivity contribution in [2.45, 2.75) is 13.0 Å². The Balaban J connectivity index is 1.64. The first-order valence-electron chi connectivity index (χ1n) is 10.8. The predicted molar refractivity (Wildman–Crippen MR) is 128 cm³/mol. The molecule has 2 N–H and O–H groups in total. The van der Waals surface area contributed by atoms with Gasteiger partial charge < -0.3 is 14.9 Å². The van der Waals surface area contributed by atoms with Crippen molar-refractivity contribution in [2.24, 2.45) is 0 Å². The monoisotopic (exact) mass is 513 g/mol. The lowest BCUT2D eigenvalue weighted by Gasteiger charge is -2.21. The standard InChI is InChI=1S/C24H22F2N5O4P/c1-3-35-36(2,34)19-10-6-16(7-11-19)21(15-4-8-17(25)9-5-15)29-22(32)20-13-27-24(30-23(20)33)31-14-18(26)12-28-31/h4-14,21H,3H2,1-2H3,(H,29,32)(H,27,30,33). The van der Waals surface area contributed by atoms with Gasteiger partial charge in [0, 0.05) is 18.2 Å². The second-order valence-corrected chi connectivity index (χ2v) is 10.3. The van der Waals surface area contributed by atoms with Crippen molar-refractivity contribution < 1.29 is 27.8 Å². The van der Waals surface area contributed by atoms with Crippen LogP contribution < -0.4 is 10.6 Å². The SMILES string of the molecule is CCOP(C)(=O)c1ccc(C(NC(=O)c2cnc(-n3cc(F)cn3)nc2O)c2ccc(F)cc2)cc1. The van der Waals surface area contributed by atoms with Gasteiger partial charge in [-0.2, -0.15) is 10.1 Å². The lowest BCUT2D eigenvalue weighted by atomic mass is 9.98. The molecule has 4 rings (SSSR count). The van der Waals surface area contributed by atoms with Crippen LogP contribution in [0.1, 0.15) is 34.5 Å². The van der Waals surface area contributed by atoms with E-state index in [1.807, 2.05) is 0 Å². The number of aromatic hydroxyl groups is 1. The van der Waals surface area contributed by atoms with Crippen molar-refractivity contribution in [1.29, 1.82) is 0 Å². The van der Waals surface area contributed by atoms with Crippen LogP contribution in [0.15, 0.2) is 67.1 Å². The Morgan fingerprint density at radius 1 is 1.08 bits per heavy atom. The van der Waals surface area contributed by atoms with Crippen molar-refractivity contribution in [3.05, 3.63) is 95.4 Å². The molecule has 1 amide bonds. The summed E-state index contributed by atoms with van der Waals surface area (Å²) in [5.74, 6) is -2.53. The van der Waals surface area contributed by atoms with Crippen LogP contribution in [0.4, 0.5) is 8.78 Å². The summed E-state index contributed by atoms with van der Waals surface area (Å²) in [5, 5.41) is 17.4. The lowest BCUT2D eigenvalue weighted by molar-refractivity contribution is 0.0939. The van der Waals surface area contributed by atoms with Gasteiger partial charge in [-0.15, -0.1) is 0 Å². The Kier molecular flexibility index (Phi) is 7.23. The molecule has 4 aromatic rings. The lowest BCUT2D eigenvalue weighted by Crippen LogP contribution is -2.30. The molecule has 0 aliphatic carbocycles. The minimum Gasteiger partial charge on any atom is -0.493 e. The van der Waals surface area contributed by atoms with E-state index < -0.39 is 36.8 Å². The van der Waals surface area contributed by atoms with Crippen LogP contribution >= 0.6 is 7.37 Å². The molecule has 0 saturated heterocycles. The number of carbonyl (C=O) groups excluding carboxylic acids is 1. The predicted octanol–water partition coefficient (Wildman–Crippen LogP) is 3.74. The molecule has 12 heteroatoms. The van der Waals surface area contributed by atoms with Gasteiger partial charge in [0.1, 0.15) is 11.4 Å². The van der Waals surface area contributed by atoms with Crippen molar-refractivity contribution in [2.75, 3.05) is 13.3 Å². The van der Waals surface area contributed by atoms with E-state index in [0.29, 0.717) is 23.0 Å². The molecule has 2 heterocycles. The van der Waals surface area contributed by atoms with E-state index in [2.05, 4.69) is 20.4 Å². The Morgan fingerprint density at radius 2 is 1.72 bits per heavy atom. The number of benzene rings is 2. The van der Waals surface area contributed by atoms with Gasteiger partial charge in [0.2, 0.25) is 13.2 Å². The minimum atomic E-state index is -3.00. The highest BCUT2D eigenvalue weighted by atomic mass is 31.2. The van der Waals surface area contributed by atoms with Gasteiger partial charge in [0.15, 0.2) is 5.82 Å². The first-order valence-corrected chi connectivity index (χ1v) is 12.9. The topological polar surface area (TPSA) is 119 Å². The maximum atomic E-state index is 13.6. The summed E-state index contributed by atoms with van der Waals surface area (Å²) in [5.41, 5.74) is 0.940. The first-order chi connectivity index (χ1) is 17.2. The highest BCUT2D eigenvalue weighted by molar-refractivity contribution is 7.66. The zero-order valence-corrected chi connectivity index (χ0v) is 20.2. The molecule has 0 bridgehead atoms. The second kappa shape index (κ2) is 10.3. The molecule has 2 aromatic heterocycles. The van der Waals surface area contributed by atoms with Crippen molar-refractivity contribution in [1.82, 2.24) is 25.1 Å². The van der Waals surface area contributed by atoms with Crippen LogP contribution in [-0.2, 0) is 9.09 Å². The van der Waals surface area contributed by atoms with Gasteiger partial charge in [-0.3, -0.25) is 9.36 Å². The summed E-state index contributed by atoms with van der Waals surface area (Å²) in [7, 11) is -3.00. The molecule has 0 radical (unpaired) electrons. The van der Waals surface area contributed by atoms with Gasteiger partial charge in [-0.1, -0.05) is 24.3 Å². The van der Waals surface area contributed by atoms with Gasteiger partial charge >= 0.3 is 0 Å². The fourth-order valence-corrected chi connectivity index (χ4v) is 4.86. The van der Waals surface area contributed by atoms with E-state index in [1.165, 1.54) is 30.9 Å². The average Bonchev–Trinajstić information content (AvgIpc) is 3.29. The van der Waals surface area contributed by atoms with Crippen molar-refractivity contribution in [3.63, 3.8) is 0 Å². The third-order valence-electron chi connectivity index (χ3n) is 5.31. The zero-order valence-electron chi connectivity index (χ0n) is 19.3. The normalized spacial score (nSPS) is 13.7. The number of nitrogens with zero attached hydrogens (tertiary/aromatic N) is 4. The molecule has 0 aliphatic heterocycles. The molecule has 186 valence electrons. The summed E-state index contributed by atoms with van der Waals surface area (Å²) in [4.78, 5) is 20.9. The van der Waals surface area contributed by atoms with Crippen LogP contribution in [0.5, 0.6) is 5.88 Å². The zero-order chi connectivity index (χ0) is 25.9. The molecule has 2 unspecified atom stereocenters. The van der Waals surface area contributed by atoms with Crippen LogP contribution in [-0.4, -0.2) is 44.0 Å². The van der Waals surface area contributed by atoms with Gasteiger partial charge in [0.05, 0.1) is 25.0 Å². The Bertz CT molecular complexity index is 1430. The summed E-state index contributed by atoms with van der Waals surface area (Å²) >= 11 is 0. The number of halogens is 2. The van der Waals surface area contributed by atoms with E-state index in [-0.39, 0.29) is 11.5 Å². The highest BCUT2D eigenvalue weighted by Gasteiger charge is 2.23. The maximum absolute atomic E-state index is 13.6. The molecular formula is C24H22F2N5O4P. The number of aromatic nitrogens is 4. The third kappa shape index (κ3) is 5.48. The van der Waals surface area contributed by atoms with Crippen molar-refractivity contribution >= 4 is 18.6 Å². The molecule has 0 saturated carbocycles. The molecule has 36 heavy (non-hydrogen) atoms. The molecular weight excluding hydrogens is 491 g/mol. The quantitative estimate of drug-likeness (QED) is 0.345. The summed E-state index contributed by atoms with van der Waals surface area (Å²) < 4.78 is 45.9. The molecule has 0 fully saturated rings. The molecule has 0 spiro atoms. The van der Waals surface area contributed by atoms with Gasteiger partial charge in [0.25, 0.3) is 11.9 Å². The Hall–Kier alpha value is -3.95. The maximum Gasteiger partial charge on any atom is 0.259 e. The number of rotatable bonds is 8. The number of amides is 1. The van der Waals surface area contributed by atoms with Crippen LogP contribution in [0, 0.1) is 11.6 Å². The van der Waals surface area contributed by atoms with Crippen molar-refractivity contribution in [3.8, 4) is 11.8 Å². The number of nitrogens with one attached hydrogen (secondary N) is 1. The Labute approximate surface area is 205 Å². The summed E-state index contributed by atoms with van der Waals surface area (Å²) in [6, 6.07) is 11.5. The van der Waals surface area contributed by atoms with E-state index >= 15 is 0 Å². The fraction of sp³-hybridized carbons (Fsp3) is 0.167. The van der Waals surface area contributed by atoms with E-state index in [9.17, 15) is 23.2 Å². The molecule has 2 atom stereocenters. The number of hydrogen-bond donors (Lipinski definition) is 2. The van der Waals surface area contributed by atoms with Crippen LogP contribution in [0.2, 0.25) is 0 Å². The fourth-order valence-electron chi connectivity index (χ4n) is 3.53. The minimum absolute atomic E-state index is 0.128. The van der Waals surface area contributed by atoms with E-state index in [0.717, 1.165) is 23.3 Å².